The van der Waals surface area contributed by atoms with Crippen molar-refractivity contribution >= 4 is 0 Å². The average molecular weight is 168 g/mol. The summed E-state index contributed by atoms with van der Waals surface area (Å²) in [6.45, 7) is 5.34. The van der Waals surface area contributed by atoms with Gasteiger partial charge in [0.1, 0.15) is 0 Å². The van der Waals surface area contributed by atoms with Crippen molar-refractivity contribution in [2.24, 2.45) is 11.8 Å². The van der Waals surface area contributed by atoms with Crippen LogP contribution in [-0.4, -0.2) is 38.1 Å². The number of rotatable bonds is 4. The summed E-state index contributed by atoms with van der Waals surface area (Å²) < 4.78 is 0. The molecule has 1 saturated carbocycles. The van der Waals surface area contributed by atoms with Gasteiger partial charge in [-0.05, 0) is 57.8 Å². The molecule has 0 aromatic carbocycles. The summed E-state index contributed by atoms with van der Waals surface area (Å²) in [5.41, 5.74) is 0. The Kier molecular flexibility index (Phi) is 2.66. The molecule has 2 nitrogen and oxygen atoms in total. The van der Waals surface area contributed by atoms with Crippen LogP contribution < -0.4 is 5.32 Å². The van der Waals surface area contributed by atoms with Crippen LogP contribution in [0.2, 0.25) is 0 Å². The van der Waals surface area contributed by atoms with Crippen LogP contribution >= 0.6 is 0 Å². The predicted octanol–water partition coefficient (Wildman–Crippen LogP) is 0.938. The minimum atomic E-state index is 0.996. The lowest BCUT2D eigenvalue weighted by Crippen LogP contribution is -2.23. The molecule has 0 amide bonds. The van der Waals surface area contributed by atoms with E-state index in [0.717, 1.165) is 11.8 Å². The lowest BCUT2D eigenvalue weighted by molar-refractivity contribution is 0.316. The lowest BCUT2D eigenvalue weighted by atomic mass is 10.3. The third kappa shape index (κ3) is 1.99. The molecule has 12 heavy (non-hydrogen) atoms. The van der Waals surface area contributed by atoms with Gasteiger partial charge < -0.3 is 10.2 Å². The molecular weight excluding hydrogens is 148 g/mol. The first kappa shape index (κ1) is 8.52. The van der Waals surface area contributed by atoms with Gasteiger partial charge in [-0.25, -0.2) is 0 Å². The highest BCUT2D eigenvalue weighted by atomic mass is 15.1. The topological polar surface area (TPSA) is 15.3 Å². The van der Waals surface area contributed by atoms with E-state index < -0.39 is 0 Å². The Morgan fingerprint density at radius 3 is 2.67 bits per heavy atom. The number of nitrogens with zero attached hydrogens (tertiary/aromatic N) is 1. The molecule has 2 atom stereocenters. The highest BCUT2D eigenvalue weighted by molar-refractivity contribution is 4.90. The van der Waals surface area contributed by atoms with E-state index in [4.69, 9.17) is 0 Å². The second-order valence-corrected chi connectivity index (χ2v) is 4.32. The maximum Gasteiger partial charge on any atom is 0.00129 e. The van der Waals surface area contributed by atoms with Crippen LogP contribution in [-0.2, 0) is 0 Å². The van der Waals surface area contributed by atoms with Crippen molar-refractivity contribution in [3.63, 3.8) is 0 Å². The standard InChI is InChI=1S/C10H20N2/c1-11-7-9-6-10(9)8-12-4-2-3-5-12/h9-11H,2-8H2,1H3/t9-,10+/m0/s1. The SMILES string of the molecule is CNC[C@@H]1C[C@@H]1CN1CCCC1. The maximum atomic E-state index is 3.27. The van der Waals surface area contributed by atoms with E-state index >= 15 is 0 Å². The molecule has 2 aliphatic rings. The van der Waals surface area contributed by atoms with Crippen molar-refractivity contribution in [3.8, 4) is 0 Å². The molecule has 1 aliphatic heterocycles. The van der Waals surface area contributed by atoms with Gasteiger partial charge in [-0.3, -0.25) is 0 Å². The fraction of sp³-hybridized carbons (Fsp3) is 1.00. The van der Waals surface area contributed by atoms with E-state index in [1.807, 2.05) is 0 Å². The third-order valence-electron chi connectivity index (χ3n) is 3.23. The lowest BCUT2D eigenvalue weighted by Gasteiger charge is -2.13. The Hall–Kier alpha value is -0.0800. The minimum absolute atomic E-state index is 0.996. The molecule has 1 N–H and O–H groups in total. The summed E-state index contributed by atoms with van der Waals surface area (Å²) in [7, 11) is 2.06. The molecule has 70 valence electrons. The molecule has 0 radical (unpaired) electrons. The van der Waals surface area contributed by atoms with E-state index in [-0.39, 0.29) is 0 Å². The summed E-state index contributed by atoms with van der Waals surface area (Å²) in [5.74, 6) is 2.02. The van der Waals surface area contributed by atoms with Crippen molar-refractivity contribution in [1.29, 1.82) is 0 Å². The van der Waals surface area contributed by atoms with Gasteiger partial charge in [0, 0.05) is 6.54 Å². The molecule has 0 aromatic rings. The number of hydrogen-bond donors (Lipinski definition) is 1. The molecule has 0 unspecified atom stereocenters. The van der Waals surface area contributed by atoms with E-state index in [1.165, 1.54) is 45.4 Å². The summed E-state index contributed by atoms with van der Waals surface area (Å²) in [5, 5.41) is 3.27. The summed E-state index contributed by atoms with van der Waals surface area (Å²) >= 11 is 0. The van der Waals surface area contributed by atoms with Crippen molar-refractivity contribution in [1.82, 2.24) is 10.2 Å². The van der Waals surface area contributed by atoms with Crippen molar-refractivity contribution in [2.45, 2.75) is 19.3 Å². The van der Waals surface area contributed by atoms with Crippen LogP contribution in [0.1, 0.15) is 19.3 Å². The van der Waals surface area contributed by atoms with Gasteiger partial charge >= 0.3 is 0 Å². The van der Waals surface area contributed by atoms with Crippen LogP contribution in [0, 0.1) is 11.8 Å². The van der Waals surface area contributed by atoms with Gasteiger partial charge in [-0.15, -0.1) is 0 Å². The number of hydrogen-bond acceptors (Lipinski definition) is 2. The second kappa shape index (κ2) is 3.75. The zero-order chi connectivity index (χ0) is 8.39. The highest BCUT2D eigenvalue weighted by Crippen LogP contribution is 2.38. The Bertz CT molecular complexity index is 141. The molecule has 0 bridgehead atoms. The van der Waals surface area contributed by atoms with Crippen LogP contribution in [0.25, 0.3) is 0 Å². The van der Waals surface area contributed by atoms with Gasteiger partial charge in [0.2, 0.25) is 0 Å². The molecule has 2 fully saturated rings. The largest absolute Gasteiger partial charge is 0.319 e. The Labute approximate surface area is 75.3 Å². The molecule has 2 heteroatoms. The van der Waals surface area contributed by atoms with E-state index in [1.54, 1.807) is 0 Å². The number of nitrogens with one attached hydrogen (secondary N) is 1. The molecule has 2 rings (SSSR count). The van der Waals surface area contributed by atoms with Gasteiger partial charge in [0.25, 0.3) is 0 Å². The first-order chi connectivity index (χ1) is 5.90. The zero-order valence-corrected chi connectivity index (χ0v) is 8.05. The smallest absolute Gasteiger partial charge is 0.00129 e. The second-order valence-electron chi connectivity index (χ2n) is 4.32. The monoisotopic (exact) mass is 168 g/mol. The minimum Gasteiger partial charge on any atom is -0.319 e. The molecule has 1 heterocycles. The van der Waals surface area contributed by atoms with Gasteiger partial charge in [-0.1, -0.05) is 0 Å². The van der Waals surface area contributed by atoms with E-state index in [2.05, 4.69) is 17.3 Å². The first-order valence-corrected chi connectivity index (χ1v) is 5.27. The normalized spacial score (nSPS) is 35.8. The molecular formula is C10H20N2. The Balaban J connectivity index is 1.62. The Morgan fingerprint density at radius 1 is 1.25 bits per heavy atom. The zero-order valence-electron chi connectivity index (χ0n) is 8.05. The predicted molar refractivity (Wildman–Crippen MR) is 51.2 cm³/mol. The van der Waals surface area contributed by atoms with E-state index in [9.17, 15) is 0 Å². The van der Waals surface area contributed by atoms with Crippen LogP contribution in [0.3, 0.4) is 0 Å². The molecule has 1 aliphatic carbocycles. The summed E-state index contributed by atoms with van der Waals surface area (Å²) in [6.07, 6.45) is 4.34. The van der Waals surface area contributed by atoms with Crippen molar-refractivity contribution in [3.05, 3.63) is 0 Å². The van der Waals surface area contributed by atoms with Gasteiger partial charge in [-0.2, -0.15) is 0 Å². The van der Waals surface area contributed by atoms with E-state index in [0.29, 0.717) is 0 Å². The first-order valence-electron chi connectivity index (χ1n) is 5.27. The Morgan fingerprint density at radius 2 is 2.00 bits per heavy atom. The van der Waals surface area contributed by atoms with Crippen LogP contribution in [0.15, 0.2) is 0 Å². The van der Waals surface area contributed by atoms with Gasteiger partial charge in [0.05, 0.1) is 0 Å². The fourth-order valence-corrected chi connectivity index (χ4v) is 2.34. The third-order valence-corrected chi connectivity index (χ3v) is 3.23. The maximum absolute atomic E-state index is 3.27. The molecule has 1 saturated heterocycles. The molecule has 0 spiro atoms. The van der Waals surface area contributed by atoms with Crippen molar-refractivity contribution in [2.75, 3.05) is 33.2 Å². The van der Waals surface area contributed by atoms with Crippen molar-refractivity contribution < 1.29 is 0 Å². The molecule has 0 aromatic heterocycles. The number of likely N-dealkylation sites (tertiary alicyclic amines) is 1. The van der Waals surface area contributed by atoms with Crippen LogP contribution in [0.5, 0.6) is 0 Å². The highest BCUT2D eigenvalue weighted by Gasteiger charge is 2.37. The summed E-state index contributed by atoms with van der Waals surface area (Å²) in [4.78, 5) is 2.64. The van der Waals surface area contributed by atoms with Gasteiger partial charge in [0.15, 0.2) is 0 Å². The summed E-state index contributed by atoms with van der Waals surface area (Å²) in [6, 6.07) is 0. The average Bonchev–Trinajstić information content (AvgIpc) is 2.62. The fourth-order valence-electron chi connectivity index (χ4n) is 2.34. The quantitative estimate of drug-likeness (QED) is 0.672. The van der Waals surface area contributed by atoms with Crippen LogP contribution in [0.4, 0.5) is 0 Å².